The van der Waals surface area contributed by atoms with Crippen LogP contribution in [0.15, 0.2) is 29.3 Å². The Labute approximate surface area is 144 Å². The highest BCUT2D eigenvalue weighted by Gasteiger charge is 2.64. The molecule has 1 aliphatic heterocycles. The van der Waals surface area contributed by atoms with Crippen molar-refractivity contribution in [3.05, 3.63) is 24.3 Å². The number of anilines is 1. The first-order chi connectivity index (χ1) is 11.7. The van der Waals surface area contributed by atoms with Crippen molar-refractivity contribution in [3.8, 4) is 5.75 Å². The van der Waals surface area contributed by atoms with Crippen LogP contribution in [0.2, 0.25) is 0 Å². The highest BCUT2D eigenvalue weighted by atomic mass is 19.4. The van der Waals surface area contributed by atoms with E-state index >= 15 is 0 Å². The lowest BCUT2D eigenvalue weighted by Crippen LogP contribution is -2.59. The summed E-state index contributed by atoms with van der Waals surface area (Å²) in [5.74, 6) is -0.655. The third-order valence-corrected chi connectivity index (χ3v) is 4.08. The van der Waals surface area contributed by atoms with Gasteiger partial charge in [-0.1, -0.05) is 13.8 Å². The Balaban J connectivity index is 2.52. The maximum absolute atomic E-state index is 13.9. The van der Waals surface area contributed by atoms with E-state index in [1.165, 1.54) is 19.2 Å². The minimum atomic E-state index is -4.68. The Morgan fingerprint density at radius 2 is 1.88 bits per heavy atom. The second kappa shape index (κ2) is 6.93. The van der Waals surface area contributed by atoms with Gasteiger partial charge in [0.05, 0.1) is 20.6 Å². The molecule has 2 unspecified atom stereocenters. The molecule has 0 fully saturated rings. The van der Waals surface area contributed by atoms with E-state index in [-0.39, 0.29) is 18.0 Å². The molecule has 0 radical (unpaired) electrons. The Bertz CT molecular complexity index is 644. The van der Waals surface area contributed by atoms with Gasteiger partial charge in [-0.15, -0.1) is 0 Å². The number of benzene rings is 1. The first-order valence-corrected chi connectivity index (χ1v) is 7.78. The van der Waals surface area contributed by atoms with Gasteiger partial charge >= 0.3 is 12.1 Å². The van der Waals surface area contributed by atoms with Crippen LogP contribution in [0.5, 0.6) is 5.75 Å². The zero-order chi connectivity index (χ0) is 18.8. The lowest BCUT2D eigenvalue weighted by Gasteiger charge is -2.37. The van der Waals surface area contributed by atoms with Crippen LogP contribution in [0.1, 0.15) is 20.3 Å². The predicted molar refractivity (Wildman–Crippen MR) is 88.0 cm³/mol. The number of aliphatic imine (C=N–C) groups is 1. The number of alkyl halides is 3. The smallest absolute Gasteiger partial charge is 0.412 e. The summed E-state index contributed by atoms with van der Waals surface area (Å²) in [7, 11) is 2.54. The van der Waals surface area contributed by atoms with Crippen molar-refractivity contribution in [2.75, 3.05) is 19.1 Å². The summed E-state index contributed by atoms with van der Waals surface area (Å²) in [5.41, 5.74) is -1.76. The van der Waals surface area contributed by atoms with E-state index in [2.05, 4.69) is 9.73 Å². The maximum atomic E-state index is 13.9. The van der Waals surface area contributed by atoms with Crippen LogP contribution in [-0.4, -0.2) is 44.3 Å². The summed E-state index contributed by atoms with van der Waals surface area (Å²) in [6.45, 7) is 3.48. The fourth-order valence-corrected chi connectivity index (χ4v) is 3.14. The van der Waals surface area contributed by atoms with Gasteiger partial charge in [-0.05, 0) is 36.6 Å². The molecule has 0 bridgehead atoms. The molecule has 1 aromatic carbocycles. The van der Waals surface area contributed by atoms with E-state index in [9.17, 15) is 18.0 Å². The Kier molecular flexibility index (Phi) is 5.29. The molecule has 25 heavy (non-hydrogen) atoms. The minimum Gasteiger partial charge on any atom is -0.497 e. The summed E-state index contributed by atoms with van der Waals surface area (Å²) in [5, 5.41) is 0. The van der Waals surface area contributed by atoms with Crippen molar-refractivity contribution in [1.29, 1.82) is 0 Å². The number of rotatable bonds is 5. The summed E-state index contributed by atoms with van der Waals surface area (Å²) < 4.78 is 51.5. The number of carbonyl (C=O) groups is 1. The van der Waals surface area contributed by atoms with Gasteiger partial charge < -0.3 is 14.4 Å². The van der Waals surface area contributed by atoms with Gasteiger partial charge in [0.25, 0.3) is 0 Å². The lowest BCUT2D eigenvalue weighted by atomic mass is 9.82. The molecule has 2 atom stereocenters. The van der Waals surface area contributed by atoms with Gasteiger partial charge in [0.2, 0.25) is 0 Å². The Morgan fingerprint density at radius 3 is 2.32 bits per heavy atom. The number of carbonyl (C=O) groups excluding carboxylic acids is 1. The molecule has 0 aromatic heterocycles. The monoisotopic (exact) mass is 358 g/mol. The van der Waals surface area contributed by atoms with Crippen LogP contribution >= 0.6 is 0 Å². The molecular formula is C17H21F3N2O3. The van der Waals surface area contributed by atoms with Gasteiger partial charge in [-0.2, -0.15) is 13.2 Å². The van der Waals surface area contributed by atoms with Crippen LogP contribution < -0.4 is 9.64 Å². The summed E-state index contributed by atoms with van der Waals surface area (Å²) >= 11 is 0. The second-order valence-corrected chi connectivity index (χ2v) is 6.31. The van der Waals surface area contributed by atoms with E-state index in [1.807, 2.05) is 0 Å². The predicted octanol–water partition coefficient (Wildman–Crippen LogP) is 3.43. The fourth-order valence-electron chi connectivity index (χ4n) is 3.14. The summed E-state index contributed by atoms with van der Waals surface area (Å²) in [4.78, 5) is 17.3. The van der Waals surface area contributed by atoms with Crippen LogP contribution in [0, 0.1) is 5.92 Å². The van der Waals surface area contributed by atoms with Crippen molar-refractivity contribution in [3.63, 3.8) is 0 Å². The van der Waals surface area contributed by atoms with Gasteiger partial charge in [0, 0.05) is 5.69 Å². The molecular weight excluding hydrogens is 337 g/mol. The van der Waals surface area contributed by atoms with Crippen LogP contribution in [0.4, 0.5) is 18.9 Å². The molecule has 5 nitrogen and oxygen atoms in total. The molecule has 1 aromatic rings. The highest BCUT2D eigenvalue weighted by Crippen LogP contribution is 2.44. The molecule has 0 amide bonds. The van der Waals surface area contributed by atoms with Crippen molar-refractivity contribution < 1.29 is 27.4 Å². The Morgan fingerprint density at radius 1 is 1.28 bits per heavy atom. The zero-order valence-electron chi connectivity index (χ0n) is 14.5. The van der Waals surface area contributed by atoms with Crippen molar-refractivity contribution in [2.24, 2.45) is 10.9 Å². The van der Waals surface area contributed by atoms with E-state index in [4.69, 9.17) is 4.74 Å². The number of nitrogens with zero attached hydrogens (tertiary/aromatic N) is 2. The van der Waals surface area contributed by atoms with Gasteiger partial charge in [0.1, 0.15) is 5.75 Å². The average molecular weight is 358 g/mol. The lowest BCUT2D eigenvalue weighted by molar-refractivity contribution is -0.176. The molecule has 0 spiro atoms. The summed E-state index contributed by atoms with van der Waals surface area (Å²) in [6.07, 6.45) is -3.69. The largest absolute Gasteiger partial charge is 0.497 e. The number of halogens is 3. The van der Waals surface area contributed by atoms with E-state index < -0.39 is 23.7 Å². The molecule has 8 heteroatoms. The van der Waals surface area contributed by atoms with Crippen molar-refractivity contribution in [1.82, 2.24) is 0 Å². The Hall–Kier alpha value is -2.25. The van der Waals surface area contributed by atoms with E-state index in [0.29, 0.717) is 5.75 Å². The molecule has 1 heterocycles. The molecule has 138 valence electrons. The van der Waals surface area contributed by atoms with Crippen LogP contribution in [0.3, 0.4) is 0 Å². The highest BCUT2D eigenvalue weighted by molar-refractivity contribution is 5.94. The average Bonchev–Trinajstić information content (AvgIpc) is 2.94. The second-order valence-electron chi connectivity index (χ2n) is 6.31. The van der Waals surface area contributed by atoms with Crippen LogP contribution in [-0.2, 0) is 9.53 Å². The number of hydrogen-bond donors (Lipinski definition) is 0. The topological polar surface area (TPSA) is 51.1 Å². The quantitative estimate of drug-likeness (QED) is 0.757. The number of hydrogen-bond acceptors (Lipinski definition) is 5. The van der Waals surface area contributed by atoms with E-state index in [0.717, 1.165) is 18.3 Å². The number of ether oxygens (including phenoxy) is 2. The molecule has 1 aliphatic rings. The third kappa shape index (κ3) is 3.57. The normalized spacial score (nSPS) is 23.2. The van der Waals surface area contributed by atoms with E-state index in [1.54, 1.807) is 26.0 Å². The first-order valence-electron chi connectivity index (χ1n) is 7.78. The zero-order valence-corrected chi connectivity index (χ0v) is 14.5. The number of esters is 1. The van der Waals surface area contributed by atoms with Gasteiger partial charge in [-0.25, -0.2) is 4.79 Å². The fraction of sp³-hybridized carbons (Fsp3) is 0.529. The van der Waals surface area contributed by atoms with Crippen LogP contribution in [0.25, 0.3) is 0 Å². The van der Waals surface area contributed by atoms with Gasteiger partial charge in [-0.3, -0.25) is 4.99 Å². The third-order valence-electron chi connectivity index (χ3n) is 4.08. The number of methoxy groups -OCH3 is 2. The van der Waals surface area contributed by atoms with Crippen molar-refractivity contribution in [2.45, 2.75) is 38.0 Å². The minimum absolute atomic E-state index is 0.0764. The molecule has 0 N–H and O–H groups in total. The molecule has 2 rings (SSSR count). The molecule has 0 aliphatic carbocycles. The first kappa shape index (κ1) is 19.1. The maximum Gasteiger partial charge on any atom is 0.412 e. The molecule has 0 saturated carbocycles. The van der Waals surface area contributed by atoms with Crippen molar-refractivity contribution >= 4 is 18.0 Å². The molecule has 0 saturated heterocycles. The standard InChI is InChI=1S/C17H21F3N2O3/c1-11(2)9-16(15(23)25-4)14(17(18,19)20)22(10-21-16)12-5-7-13(24-3)8-6-12/h5-8,10-11,14H,9H2,1-4H3. The van der Waals surface area contributed by atoms with Gasteiger partial charge in [0.15, 0.2) is 11.6 Å². The SMILES string of the molecule is COC(=O)C1(CC(C)C)N=CN(c2ccc(OC)cc2)C1C(F)(F)F. The summed E-state index contributed by atoms with van der Waals surface area (Å²) in [6, 6.07) is 3.95.